The number of imidazole rings is 1. The SMILES string of the molecule is CC1CC(NC(Cn2ccnc2)C(C)(C)C)CC(C)O1. The summed E-state index contributed by atoms with van der Waals surface area (Å²) >= 11 is 0. The summed E-state index contributed by atoms with van der Waals surface area (Å²) in [4.78, 5) is 4.14. The van der Waals surface area contributed by atoms with Gasteiger partial charge in [0, 0.05) is 31.0 Å². The molecule has 3 atom stereocenters. The van der Waals surface area contributed by atoms with E-state index >= 15 is 0 Å². The lowest BCUT2D eigenvalue weighted by atomic mass is 9.85. The highest BCUT2D eigenvalue weighted by Crippen LogP contribution is 2.25. The third kappa shape index (κ3) is 4.32. The summed E-state index contributed by atoms with van der Waals surface area (Å²) in [5, 5.41) is 3.87. The van der Waals surface area contributed by atoms with Crippen LogP contribution in [-0.2, 0) is 11.3 Å². The van der Waals surface area contributed by atoms with Crippen LogP contribution in [0.4, 0.5) is 0 Å². The van der Waals surface area contributed by atoms with Gasteiger partial charge in [-0.3, -0.25) is 0 Å². The van der Waals surface area contributed by atoms with Crippen LogP contribution in [0.15, 0.2) is 18.7 Å². The molecule has 1 N–H and O–H groups in total. The number of hydrogen-bond acceptors (Lipinski definition) is 3. The van der Waals surface area contributed by atoms with Gasteiger partial charge in [0.2, 0.25) is 0 Å². The summed E-state index contributed by atoms with van der Waals surface area (Å²) in [6.45, 7) is 12.2. The maximum Gasteiger partial charge on any atom is 0.0946 e. The number of nitrogens with one attached hydrogen (secondary N) is 1. The molecule has 3 unspecified atom stereocenters. The largest absolute Gasteiger partial charge is 0.375 e. The second-order valence-corrected chi connectivity index (χ2v) is 7.27. The monoisotopic (exact) mass is 279 g/mol. The summed E-state index contributed by atoms with van der Waals surface area (Å²) in [6.07, 6.45) is 8.68. The third-order valence-corrected chi connectivity index (χ3v) is 4.13. The molecule has 2 heterocycles. The van der Waals surface area contributed by atoms with Crippen LogP contribution in [0.2, 0.25) is 0 Å². The Hall–Kier alpha value is -0.870. The van der Waals surface area contributed by atoms with Gasteiger partial charge >= 0.3 is 0 Å². The Bertz CT molecular complexity index is 386. The van der Waals surface area contributed by atoms with E-state index in [-0.39, 0.29) is 5.41 Å². The Morgan fingerprint density at radius 1 is 1.30 bits per heavy atom. The van der Waals surface area contributed by atoms with E-state index in [1.54, 1.807) is 0 Å². The molecule has 1 aliphatic rings. The number of nitrogens with zero attached hydrogens (tertiary/aromatic N) is 2. The summed E-state index contributed by atoms with van der Waals surface area (Å²) in [5.41, 5.74) is 0.217. The van der Waals surface area contributed by atoms with Gasteiger partial charge in [0.25, 0.3) is 0 Å². The first-order valence-electron chi connectivity index (χ1n) is 7.72. The highest BCUT2D eigenvalue weighted by atomic mass is 16.5. The molecule has 4 heteroatoms. The molecule has 0 radical (unpaired) electrons. The van der Waals surface area contributed by atoms with Gasteiger partial charge in [-0.15, -0.1) is 0 Å². The minimum absolute atomic E-state index is 0.217. The zero-order valence-corrected chi connectivity index (χ0v) is 13.5. The number of ether oxygens (including phenoxy) is 1. The average molecular weight is 279 g/mol. The van der Waals surface area contributed by atoms with E-state index in [4.69, 9.17) is 4.74 Å². The lowest BCUT2D eigenvalue weighted by molar-refractivity contribution is -0.0460. The van der Waals surface area contributed by atoms with Crippen LogP contribution < -0.4 is 5.32 Å². The van der Waals surface area contributed by atoms with Gasteiger partial charge < -0.3 is 14.6 Å². The van der Waals surface area contributed by atoms with E-state index in [1.165, 1.54) is 0 Å². The Balaban J connectivity index is 2.00. The first-order valence-corrected chi connectivity index (χ1v) is 7.72. The molecule has 114 valence electrons. The van der Waals surface area contributed by atoms with Crippen molar-refractivity contribution < 1.29 is 4.74 Å². The van der Waals surface area contributed by atoms with Crippen LogP contribution in [0.1, 0.15) is 47.5 Å². The fourth-order valence-electron chi connectivity index (χ4n) is 3.01. The van der Waals surface area contributed by atoms with E-state index in [2.05, 4.69) is 49.5 Å². The normalized spacial score (nSPS) is 29.4. The van der Waals surface area contributed by atoms with Crippen molar-refractivity contribution in [1.82, 2.24) is 14.9 Å². The van der Waals surface area contributed by atoms with E-state index in [0.29, 0.717) is 24.3 Å². The highest BCUT2D eigenvalue weighted by Gasteiger charge is 2.31. The molecule has 1 aromatic rings. The molecule has 0 aromatic carbocycles. The molecule has 1 aromatic heterocycles. The second-order valence-electron chi connectivity index (χ2n) is 7.27. The minimum atomic E-state index is 0.217. The quantitative estimate of drug-likeness (QED) is 0.921. The molecule has 1 saturated heterocycles. The van der Waals surface area contributed by atoms with Gasteiger partial charge in [-0.1, -0.05) is 20.8 Å². The van der Waals surface area contributed by atoms with Crippen molar-refractivity contribution in [2.24, 2.45) is 5.41 Å². The van der Waals surface area contributed by atoms with E-state index in [1.807, 2.05) is 18.7 Å². The van der Waals surface area contributed by atoms with E-state index in [0.717, 1.165) is 19.4 Å². The van der Waals surface area contributed by atoms with Crippen LogP contribution in [0.3, 0.4) is 0 Å². The first kappa shape index (κ1) is 15.5. The maximum atomic E-state index is 5.83. The van der Waals surface area contributed by atoms with Crippen molar-refractivity contribution in [3.63, 3.8) is 0 Å². The summed E-state index contributed by atoms with van der Waals surface area (Å²) in [5.74, 6) is 0. The zero-order chi connectivity index (χ0) is 14.8. The smallest absolute Gasteiger partial charge is 0.0946 e. The standard InChI is InChI=1S/C16H29N3O/c1-12-8-14(9-13(2)20-12)18-15(16(3,4)5)10-19-7-6-17-11-19/h6-7,11-15,18H,8-10H2,1-5H3. The molecule has 1 fully saturated rings. The van der Waals surface area contributed by atoms with Gasteiger partial charge in [-0.25, -0.2) is 4.98 Å². The highest BCUT2D eigenvalue weighted by molar-refractivity contribution is 4.89. The summed E-state index contributed by atoms with van der Waals surface area (Å²) < 4.78 is 8.00. The Kier molecular flexibility index (Phi) is 4.86. The summed E-state index contributed by atoms with van der Waals surface area (Å²) in [7, 11) is 0. The molecule has 0 aliphatic carbocycles. The number of hydrogen-bond donors (Lipinski definition) is 1. The molecule has 0 spiro atoms. The number of aromatic nitrogens is 2. The Morgan fingerprint density at radius 3 is 2.45 bits per heavy atom. The molecular weight excluding hydrogens is 250 g/mol. The summed E-state index contributed by atoms with van der Waals surface area (Å²) in [6, 6.07) is 0.973. The average Bonchev–Trinajstić information content (AvgIpc) is 2.78. The van der Waals surface area contributed by atoms with Gasteiger partial charge in [0.15, 0.2) is 0 Å². The molecule has 1 aliphatic heterocycles. The molecule has 0 amide bonds. The van der Waals surface area contributed by atoms with E-state index in [9.17, 15) is 0 Å². The van der Waals surface area contributed by atoms with Gasteiger partial charge in [-0.2, -0.15) is 0 Å². The first-order chi connectivity index (χ1) is 9.34. The fourth-order valence-corrected chi connectivity index (χ4v) is 3.01. The van der Waals surface area contributed by atoms with Gasteiger partial charge in [0.05, 0.1) is 18.5 Å². The number of rotatable bonds is 4. The topological polar surface area (TPSA) is 39.1 Å². The Labute approximate surface area is 122 Å². The van der Waals surface area contributed by atoms with Crippen LogP contribution in [0.25, 0.3) is 0 Å². The van der Waals surface area contributed by atoms with Crippen LogP contribution in [0.5, 0.6) is 0 Å². The minimum Gasteiger partial charge on any atom is -0.375 e. The Morgan fingerprint density at radius 2 is 1.95 bits per heavy atom. The van der Waals surface area contributed by atoms with Crippen molar-refractivity contribution in [2.45, 2.75) is 78.3 Å². The second kappa shape index (κ2) is 6.27. The lowest BCUT2D eigenvalue weighted by Gasteiger charge is -2.39. The van der Waals surface area contributed by atoms with Crippen molar-refractivity contribution in [3.05, 3.63) is 18.7 Å². The molecule has 2 rings (SSSR count). The van der Waals surface area contributed by atoms with Crippen LogP contribution in [-0.4, -0.2) is 33.8 Å². The van der Waals surface area contributed by atoms with E-state index < -0.39 is 0 Å². The molecule has 4 nitrogen and oxygen atoms in total. The third-order valence-electron chi connectivity index (χ3n) is 4.13. The lowest BCUT2D eigenvalue weighted by Crippen LogP contribution is -2.51. The predicted octanol–water partition coefficient (Wildman–Crippen LogP) is 2.84. The molecule has 0 bridgehead atoms. The molecular formula is C16H29N3O. The fraction of sp³-hybridized carbons (Fsp3) is 0.812. The van der Waals surface area contributed by atoms with Gasteiger partial charge in [0.1, 0.15) is 0 Å². The van der Waals surface area contributed by atoms with Gasteiger partial charge in [-0.05, 0) is 32.1 Å². The van der Waals surface area contributed by atoms with Crippen molar-refractivity contribution in [1.29, 1.82) is 0 Å². The molecule has 0 saturated carbocycles. The maximum absolute atomic E-state index is 5.83. The predicted molar refractivity (Wildman–Crippen MR) is 81.6 cm³/mol. The zero-order valence-electron chi connectivity index (χ0n) is 13.5. The van der Waals surface area contributed by atoms with Crippen molar-refractivity contribution >= 4 is 0 Å². The van der Waals surface area contributed by atoms with Crippen molar-refractivity contribution in [3.8, 4) is 0 Å². The van der Waals surface area contributed by atoms with Crippen LogP contribution >= 0.6 is 0 Å². The van der Waals surface area contributed by atoms with Crippen LogP contribution in [0, 0.1) is 5.41 Å². The van der Waals surface area contributed by atoms with Crippen molar-refractivity contribution in [2.75, 3.05) is 0 Å². The molecule has 20 heavy (non-hydrogen) atoms.